The number of aldehydes is 1. The first-order valence-corrected chi connectivity index (χ1v) is 9.07. The third-order valence-electron chi connectivity index (χ3n) is 4.23. The van der Waals surface area contributed by atoms with Crippen molar-refractivity contribution in [1.82, 2.24) is 20.6 Å². The molecular weight excluding hydrogens is 276 g/mol. The number of nitrogens with zero attached hydrogens (tertiary/aromatic N) is 3. The number of carbonyl (C=O) groups is 1. The fraction of sp³-hybridized carbons (Fsp3) is 0.882. The maximum absolute atomic E-state index is 11.0. The van der Waals surface area contributed by atoms with Crippen LogP contribution in [0.4, 0.5) is 0 Å². The smallest absolute Gasteiger partial charge is 0.184 e. The molecular formula is C17H32N4O. The Morgan fingerprint density at radius 2 is 1.45 bits per heavy atom. The van der Waals surface area contributed by atoms with Crippen molar-refractivity contribution in [2.45, 2.75) is 96.3 Å². The molecule has 0 fully saturated rings. The summed E-state index contributed by atoms with van der Waals surface area (Å²) >= 11 is 0. The molecule has 0 aliphatic rings. The molecule has 1 heterocycles. The van der Waals surface area contributed by atoms with E-state index in [9.17, 15) is 4.79 Å². The topological polar surface area (TPSA) is 71.5 Å². The molecule has 1 aromatic rings. The van der Waals surface area contributed by atoms with E-state index in [0.717, 1.165) is 19.1 Å². The molecule has 5 nitrogen and oxygen atoms in total. The summed E-state index contributed by atoms with van der Waals surface area (Å²) in [5.41, 5.74) is 0. The second-order valence-electron chi connectivity index (χ2n) is 6.19. The van der Waals surface area contributed by atoms with Gasteiger partial charge in [0.15, 0.2) is 5.82 Å². The molecule has 22 heavy (non-hydrogen) atoms. The minimum Gasteiger partial charge on any atom is -0.303 e. The Bertz CT molecular complexity index is 354. The molecule has 126 valence electrons. The molecule has 5 heteroatoms. The number of H-pyrrole nitrogens is 1. The summed E-state index contributed by atoms with van der Waals surface area (Å²) in [4.78, 5) is 11.0. The Morgan fingerprint density at radius 3 is 1.91 bits per heavy atom. The Balaban J connectivity index is 1.86. The van der Waals surface area contributed by atoms with Gasteiger partial charge in [-0.15, -0.1) is 10.2 Å². The molecule has 1 unspecified atom stereocenters. The lowest BCUT2D eigenvalue weighted by atomic mass is 10.0. The summed E-state index contributed by atoms with van der Waals surface area (Å²) in [6.45, 7) is 2.26. The van der Waals surface area contributed by atoms with E-state index in [1.807, 2.05) is 0 Å². The van der Waals surface area contributed by atoms with Gasteiger partial charge in [0, 0.05) is 0 Å². The van der Waals surface area contributed by atoms with E-state index in [4.69, 9.17) is 0 Å². The Kier molecular flexibility index (Phi) is 11.4. The molecule has 0 bridgehead atoms. The average Bonchev–Trinajstić information content (AvgIpc) is 3.06. The van der Waals surface area contributed by atoms with Crippen LogP contribution in [0, 0.1) is 0 Å². The van der Waals surface area contributed by atoms with Gasteiger partial charge in [-0.3, -0.25) is 0 Å². The van der Waals surface area contributed by atoms with Crippen molar-refractivity contribution < 1.29 is 4.79 Å². The molecule has 0 aliphatic heterocycles. The minimum atomic E-state index is -0.193. The van der Waals surface area contributed by atoms with E-state index >= 15 is 0 Å². The highest BCUT2D eigenvalue weighted by Gasteiger charge is 2.14. The number of hydrogen-bond acceptors (Lipinski definition) is 4. The van der Waals surface area contributed by atoms with Crippen LogP contribution in [-0.4, -0.2) is 26.9 Å². The molecule has 1 atom stereocenters. The molecule has 1 rings (SSSR count). The van der Waals surface area contributed by atoms with Crippen molar-refractivity contribution >= 4 is 6.29 Å². The van der Waals surface area contributed by atoms with Crippen molar-refractivity contribution in [2.75, 3.05) is 0 Å². The van der Waals surface area contributed by atoms with Crippen LogP contribution in [0.15, 0.2) is 0 Å². The lowest BCUT2D eigenvalue weighted by Gasteiger charge is -2.05. The summed E-state index contributed by atoms with van der Waals surface area (Å²) in [7, 11) is 0. The highest BCUT2D eigenvalue weighted by atomic mass is 16.1. The van der Waals surface area contributed by atoms with E-state index < -0.39 is 0 Å². The molecule has 0 aliphatic carbocycles. The molecule has 0 aromatic carbocycles. The van der Waals surface area contributed by atoms with E-state index in [0.29, 0.717) is 5.82 Å². The van der Waals surface area contributed by atoms with Gasteiger partial charge in [-0.25, -0.2) is 0 Å². The van der Waals surface area contributed by atoms with E-state index in [1.54, 1.807) is 0 Å². The summed E-state index contributed by atoms with van der Waals surface area (Å²) in [5.74, 6) is 0.333. The normalized spacial score (nSPS) is 12.4. The van der Waals surface area contributed by atoms with E-state index in [2.05, 4.69) is 27.5 Å². The highest BCUT2D eigenvalue weighted by Crippen LogP contribution is 2.17. The van der Waals surface area contributed by atoms with Gasteiger partial charge in [0.25, 0.3) is 0 Å². The maximum atomic E-state index is 11.0. The van der Waals surface area contributed by atoms with Gasteiger partial charge in [-0.1, -0.05) is 89.2 Å². The molecule has 0 saturated heterocycles. The zero-order valence-electron chi connectivity index (χ0n) is 14.1. The van der Waals surface area contributed by atoms with Gasteiger partial charge in [-0.05, 0) is 6.42 Å². The number of nitrogens with one attached hydrogen (secondary N) is 1. The predicted molar refractivity (Wildman–Crippen MR) is 88.7 cm³/mol. The third kappa shape index (κ3) is 8.90. The first-order chi connectivity index (χ1) is 10.9. The lowest BCUT2D eigenvalue weighted by Crippen LogP contribution is -2.03. The van der Waals surface area contributed by atoms with Crippen molar-refractivity contribution in [1.29, 1.82) is 0 Å². The highest BCUT2D eigenvalue weighted by molar-refractivity contribution is 5.59. The second kappa shape index (κ2) is 13.4. The molecule has 0 radical (unpaired) electrons. The third-order valence-corrected chi connectivity index (χ3v) is 4.23. The summed E-state index contributed by atoms with van der Waals surface area (Å²) < 4.78 is 0. The largest absolute Gasteiger partial charge is 0.303 e. The number of aromatic amines is 1. The summed E-state index contributed by atoms with van der Waals surface area (Å²) in [6, 6.07) is 0. The molecule has 0 amide bonds. The predicted octanol–water partition coefficient (Wildman–Crippen LogP) is 4.57. The van der Waals surface area contributed by atoms with Crippen molar-refractivity contribution in [3.8, 4) is 0 Å². The van der Waals surface area contributed by atoms with E-state index in [1.165, 1.54) is 70.6 Å². The fourth-order valence-electron chi connectivity index (χ4n) is 2.79. The van der Waals surface area contributed by atoms with Gasteiger partial charge in [0.05, 0.1) is 5.92 Å². The summed E-state index contributed by atoms with van der Waals surface area (Å²) in [6.07, 6.45) is 17.7. The van der Waals surface area contributed by atoms with Gasteiger partial charge >= 0.3 is 0 Å². The monoisotopic (exact) mass is 308 g/mol. The number of rotatable bonds is 15. The quantitative estimate of drug-likeness (QED) is 0.380. The maximum Gasteiger partial charge on any atom is 0.184 e. The zero-order valence-corrected chi connectivity index (χ0v) is 14.1. The molecule has 0 saturated carbocycles. The van der Waals surface area contributed by atoms with Crippen LogP contribution in [0.3, 0.4) is 0 Å². The fourth-order valence-corrected chi connectivity index (χ4v) is 2.79. The minimum absolute atomic E-state index is 0.193. The van der Waals surface area contributed by atoms with Crippen LogP contribution in [0.5, 0.6) is 0 Å². The van der Waals surface area contributed by atoms with Crippen LogP contribution in [0.1, 0.15) is 102 Å². The van der Waals surface area contributed by atoms with Crippen LogP contribution in [-0.2, 0) is 4.79 Å². The average molecular weight is 308 g/mol. The first kappa shape index (κ1) is 18.8. The number of aromatic nitrogens is 4. The number of carbonyl (C=O) groups excluding carboxylic acids is 1. The van der Waals surface area contributed by atoms with Crippen LogP contribution < -0.4 is 0 Å². The zero-order chi connectivity index (χ0) is 15.9. The SMILES string of the molecule is CCCCCCCCCCCCCCC(C=O)c1nn[nH]n1. The standard InChI is InChI=1S/C17H32N4O/c1-2-3-4-5-6-7-8-9-10-11-12-13-14-16(15-22)17-18-20-21-19-17/h15-16H,2-14H2,1H3,(H,18,19,20,21). The van der Waals surface area contributed by atoms with Crippen molar-refractivity contribution in [2.24, 2.45) is 0 Å². The number of hydrogen-bond donors (Lipinski definition) is 1. The van der Waals surface area contributed by atoms with Crippen LogP contribution in [0.25, 0.3) is 0 Å². The van der Waals surface area contributed by atoms with Gasteiger partial charge in [0.1, 0.15) is 6.29 Å². The molecule has 0 spiro atoms. The Labute approximate surface area is 134 Å². The lowest BCUT2D eigenvalue weighted by molar-refractivity contribution is -0.109. The van der Waals surface area contributed by atoms with Gasteiger partial charge in [0.2, 0.25) is 0 Å². The molecule has 1 N–H and O–H groups in total. The van der Waals surface area contributed by atoms with E-state index in [-0.39, 0.29) is 5.92 Å². The van der Waals surface area contributed by atoms with Gasteiger partial charge in [-0.2, -0.15) is 5.21 Å². The first-order valence-electron chi connectivity index (χ1n) is 9.07. The Hall–Kier alpha value is -1.26. The second-order valence-corrected chi connectivity index (χ2v) is 6.19. The van der Waals surface area contributed by atoms with Crippen molar-refractivity contribution in [3.63, 3.8) is 0 Å². The molecule has 1 aromatic heterocycles. The van der Waals surface area contributed by atoms with Crippen LogP contribution >= 0.6 is 0 Å². The van der Waals surface area contributed by atoms with Gasteiger partial charge < -0.3 is 4.79 Å². The Morgan fingerprint density at radius 1 is 0.909 bits per heavy atom. The number of tetrazole rings is 1. The van der Waals surface area contributed by atoms with Crippen molar-refractivity contribution in [3.05, 3.63) is 5.82 Å². The van der Waals surface area contributed by atoms with Crippen LogP contribution in [0.2, 0.25) is 0 Å². The number of unbranched alkanes of at least 4 members (excludes halogenated alkanes) is 11. The summed E-state index contributed by atoms with van der Waals surface area (Å²) in [5, 5.41) is 13.7.